The maximum absolute atomic E-state index is 6.04. The normalized spacial score (nSPS) is 37.1. The Morgan fingerprint density at radius 1 is 0.292 bits per heavy atom. The van der Waals surface area contributed by atoms with Crippen LogP contribution in [0.3, 0.4) is 0 Å². The van der Waals surface area contributed by atoms with Crippen molar-refractivity contribution in [3.8, 4) is 0 Å². The van der Waals surface area contributed by atoms with Gasteiger partial charge in [-0.2, -0.15) is 0 Å². The highest BCUT2D eigenvalue weighted by atomic mass is 16.5. The van der Waals surface area contributed by atoms with Crippen LogP contribution in [-0.4, -0.2) is 165 Å². The molecule has 0 amide bonds. The fourth-order valence-corrected chi connectivity index (χ4v) is 32.1. The van der Waals surface area contributed by atoms with Crippen LogP contribution in [0.5, 0.6) is 0 Å². The molecule has 18 atom stereocenters. The summed E-state index contributed by atoms with van der Waals surface area (Å²) in [6, 6.07) is 0. The summed E-state index contributed by atoms with van der Waals surface area (Å²) in [6.07, 6.45) is 81.4. The van der Waals surface area contributed by atoms with Gasteiger partial charge >= 0.3 is 0 Å². The van der Waals surface area contributed by atoms with Gasteiger partial charge in [-0.25, -0.2) is 0 Å². The lowest BCUT2D eigenvalue weighted by Crippen LogP contribution is -2.51. The van der Waals surface area contributed by atoms with Crippen LogP contribution in [0.15, 0.2) is 0 Å². The molecule has 22 saturated carbocycles. The molecule has 0 spiro atoms. The van der Waals surface area contributed by atoms with Gasteiger partial charge in [0, 0.05) is 79.3 Å². The number of hydrogen-bond donors (Lipinski definition) is 0. The van der Waals surface area contributed by atoms with Gasteiger partial charge < -0.3 is 61.6 Å². The van der Waals surface area contributed by atoms with E-state index in [1.165, 1.54) is 308 Å². The molecule has 0 N–H and O–H groups in total. The summed E-state index contributed by atoms with van der Waals surface area (Å²) in [5, 5.41) is 0. The Morgan fingerprint density at radius 3 is 1.10 bits per heavy atom. The summed E-state index contributed by atoms with van der Waals surface area (Å²) in [4.78, 5) is 0. The Kier molecular flexibility index (Phi) is 54.8. The second-order valence-corrected chi connectivity index (χ2v) is 51.9. The average Bonchev–Trinajstić information content (AvgIpc) is 1.61. The molecule has 2 aliphatic heterocycles. The van der Waals surface area contributed by atoms with E-state index in [-0.39, 0.29) is 0 Å². The highest BCUT2D eigenvalue weighted by Crippen LogP contribution is 2.64. The second kappa shape index (κ2) is 63.5. The maximum atomic E-state index is 6.04. The van der Waals surface area contributed by atoms with Gasteiger partial charge in [-0.15, -0.1) is 0 Å². The SMILES string of the molecule is CC(C)OC1CCCC1.CC(C)OC1CCCCC1.CC(C)OCC(C)(C)C.CC(C)OCC1CCCC1.CC(C)OCC1CCCCC1.CC1CCCCO1.CC1CCCO1.CCOC12CC3CC(CC(C3)C1)C2.CCOC1CC2CC1C1CCCC21.CCOC1CC2CCC1C2.CCOCC12CC3CC(CC(C3)C1)C2.CCOCC1CC2CC1C1CCCC21.CCOCC1CC2CCC1C2. The van der Waals surface area contributed by atoms with E-state index in [2.05, 4.69) is 145 Å². The molecule has 24 rings (SSSR count). The van der Waals surface area contributed by atoms with Gasteiger partial charge in [0.2, 0.25) is 0 Å². The molecule has 0 aromatic carbocycles. The third-order valence-corrected chi connectivity index (χ3v) is 37.3. The second-order valence-electron chi connectivity index (χ2n) is 51.9. The predicted octanol–water partition coefficient (Wildman–Crippen LogP) is 32.8. The lowest BCUT2D eigenvalue weighted by Gasteiger charge is -2.56. The number of rotatable bonds is 27. The minimum absolute atomic E-state index is 0.310. The Morgan fingerprint density at radius 2 is 0.708 bits per heavy atom. The summed E-state index contributed by atoms with van der Waals surface area (Å²) in [7, 11) is 0. The zero-order valence-electron chi connectivity index (χ0n) is 94.2. The van der Waals surface area contributed by atoms with E-state index in [0.717, 1.165) is 223 Å². The largest absolute Gasteiger partial charge is 0.381 e. The molecule has 16 bridgehead atoms. The van der Waals surface area contributed by atoms with Gasteiger partial charge in [0.05, 0.1) is 86.0 Å². The van der Waals surface area contributed by atoms with E-state index in [0.29, 0.717) is 83.6 Å². The Hall–Kier alpha value is -0.520. The number of hydrogen-bond acceptors (Lipinski definition) is 13. The number of ether oxygens (including phenoxy) is 13. The van der Waals surface area contributed by atoms with Gasteiger partial charge in [0.1, 0.15) is 0 Å². The van der Waals surface area contributed by atoms with Crippen LogP contribution in [0.2, 0.25) is 0 Å². The van der Waals surface area contributed by atoms with Crippen molar-refractivity contribution in [1.29, 1.82) is 0 Å². The highest BCUT2D eigenvalue weighted by molar-refractivity contribution is 5.07. The lowest BCUT2D eigenvalue weighted by molar-refractivity contribution is -0.159. The van der Waals surface area contributed by atoms with Crippen LogP contribution in [0.4, 0.5) is 0 Å². The molecule has 0 radical (unpaired) electrons. The monoisotopic (exact) mass is 1930 g/mol. The average molecular weight is 1930 g/mol. The standard InChI is InChI=1S/2C13H22O.2C12H20O.C10H18O.C10H20O.C9H16O.2C9H18O.C8H16O.C8H18O.C6H12O.C5H10O/c1-2-14-9-13-6-10-3-11(7-13)5-12(4-10)8-13;1-2-14-8-10-6-9-7-13(10)12-5-3-4-11(9)12;1-2-13-12-6-9-3-10(7-12)5-11(4-9)8-12;1-2-13-12-7-8-6-11(12)10-5-3-4-9(8)10;1-2-11-7-10-6-8-3-4-9(10)5-8;1-9(2)11-8-10-6-4-3-5-7-10;1-2-10-9-6-7-3-4-8(9)5-7;1-8(2)10-7-9-5-3-4-6-9;1-8(2)10-9-6-4-3-5-7-9;1-7(2)9-8-5-3-4-6-8;1-7(2)9-6-8(3,4)5;1-6-4-2-3-5-7-6;1-5-3-2-4-6-5/h10-12H,2-9H2,1H3;9-13H,2-8H2,1H3;9-11H,2-8H2,1H3;8-12H,2-7H2,1H3;8-10H,2-7H2,1H3;9-10H,3-8H2,1-2H3;7-9H,2-6H2,1H3;2*8-9H,3-7H2,1-2H3;7-8H,3-6H2,1-2H3;7H,6H2,1-5H3;6H,2-5H2,1H3;5H,2-4H2,1H3. The summed E-state index contributed by atoms with van der Waals surface area (Å²) in [6.45, 7) is 58.0. The minimum atomic E-state index is 0.310. The molecule has 18 unspecified atom stereocenters. The van der Waals surface area contributed by atoms with Crippen molar-refractivity contribution in [3.63, 3.8) is 0 Å². The van der Waals surface area contributed by atoms with Gasteiger partial charge in [-0.05, 0) is 522 Å². The van der Waals surface area contributed by atoms with Crippen molar-refractivity contribution < 1.29 is 61.6 Å². The minimum Gasteiger partial charge on any atom is -0.381 e. The lowest BCUT2D eigenvalue weighted by atomic mass is 9.50. The van der Waals surface area contributed by atoms with E-state index >= 15 is 0 Å². The van der Waals surface area contributed by atoms with Gasteiger partial charge in [-0.1, -0.05) is 104 Å². The van der Waals surface area contributed by atoms with E-state index < -0.39 is 0 Å². The topological polar surface area (TPSA) is 120 Å². The molecule has 0 aromatic rings. The first-order valence-corrected chi connectivity index (χ1v) is 61.0. The Balaban J connectivity index is 0.000000154. The zero-order chi connectivity index (χ0) is 98.1. The molecule has 804 valence electrons. The van der Waals surface area contributed by atoms with Crippen LogP contribution in [0, 0.1) is 141 Å². The Bertz CT molecular complexity index is 2930. The Labute approximate surface area is 848 Å². The summed E-state index contributed by atoms with van der Waals surface area (Å²) < 4.78 is 72.6. The molecule has 24 fully saturated rings. The summed E-state index contributed by atoms with van der Waals surface area (Å²) in [5.41, 5.74) is 1.29. The van der Waals surface area contributed by atoms with Crippen LogP contribution in [-0.2, 0) is 61.6 Å². The fraction of sp³-hybridized carbons (Fsp3) is 1.00. The van der Waals surface area contributed by atoms with E-state index in [1.807, 2.05) is 0 Å². The molecule has 137 heavy (non-hydrogen) atoms. The molecule has 13 nitrogen and oxygen atoms in total. The van der Waals surface area contributed by atoms with Crippen LogP contribution in [0.1, 0.15) is 486 Å². The molecule has 13 heteroatoms. The highest BCUT2D eigenvalue weighted by Gasteiger charge is 2.57. The number of fused-ring (bicyclic) bond motifs is 14. The first-order chi connectivity index (χ1) is 66.0. The van der Waals surface area contributed by atoms with Crippen molar-refractivity contribution in [2.45, 2.75) is 558 Å². The van der Waals surface area contributed by atoms with Crippen molar-refractivity contribution in [1.82, 2.24) is 0 Å². The van der Waals surface area contributed by atoms with Crippen molar-refractivity contribution in [3.05, 3.63) is 0 Å². The van der Waals surface area contributed by atoms with E-state index in [1.54, 1.807) is 32.1 Å². The fourth-order valence-electron chi connectivity index (χ4n) is 32.1. The zero-order valence-corrected chi connectivity index (χ0v) is 94.2. The molecule has 0 aromatic heterocycles. The molecular formula is C124H230O13. The molecule has 2 saturated heterocycles. The quantitative estimate of drug-likeness (QED) is 0.0777. The molecular weight excluding hydrogens is 1700 g/mol. The van der Waals surface area contributed by atoms with E-state index in [4.69, 9.17) is 61.6 Å². The van der Waals surface area contributed by atoms with Crippen LogP contribution >= 0.6 is 0 Å². The van der Waals surface area contributed by atoms with Gasteiger partial charge in [-0.3, -0.25) is 0 Å². The van der Waals surface area contributed by atoms with Crippen molar-refractivity contribution in [2.75, 3.05) is 92.5 Å². The molecule has 2 heterocycles. The van der Waals surface area contributed by atoms with Gasteiger partial charge in [0.15, 0.2) is 0 Å². The predicted molar refractivity (Wildman–Crippen MR) is 572 cm³/mol. The van der Waals surface area contributed by atoms with Crippen LogP contribution < -0.4 is 0 Å². The van der Waals surface area contributed by atoms with E-state index in [9.17, 15) is 0 Å². The maximum Gasteiger partial charge on any atom is 0.0690 e. The van der Waals surface area contributed by atoms with Crippen LogP contribution in [0.25, 0.3) is 0 Å². The van der Waals surface area contributed by atoms with Crippen molar-refractivity contribution in [2.24, 2.45) is 141 Å². The summed E-state index contributed by atoms with van der Waals surface area (Å²) >= 11 is 0. The molecule has 24 aliphatic rings. The summed E-state index contributed by atoms with van der Waals surface area (Å²) in [5.74, 6) is 22.5. The smallest absolute Gasteiger partial charge is 0.0690 e. The van der Waals surface area contributed by atoms with Gasteiger partial charge in [0.25, 0.3) is 0 Å². The van der Waals surface area contributed by atoms with Crippen molar-refractivity contribution >= 4 is 0 Å². The first-order valence-electron chi connectivity index (χ1n) is 61.0. The third-order valence-electron chi connectivity index (χ3n) is 37.3. The first kappa shape index (κ1) is 118. The molecule has 22 aliphatic carbocycles. The third kappa shape index (κ3) is 42.1.